The standard InChI is InChI=1S/C15H16N2O5S/c1-17(5-4-13(18)19)7-12-14(16-15(20)23-12)9-2-3-10-11(6-9)22-8-21-10/h2-3,6H,4-5,7-8H2,1H3,(H,16,20)(H,18,19). The molecule has 0 saturated heterocycles. The summed E-state index contributed by atoms with van der Waals surface area (Å²) in [5.41, 5.74) is 1.58. The van der Waals surface area contributed by atoms with Gasteiger partial charge in [0.2, 0.25) is 6.79 Å². The Hall–Kier alpha value is -2.32. The van der Waals surface area contributed by atoms with Gasteiger partial charge < -0.3 is 24.5 Å². The maximum atomic E-state index is 11.8. The summed E-state index contributed by atoms with van der Waals surface area (Å²) in [7, 11) is 1.83. The van der Waals surface area contributed by atoms with Crippen LogP contribution in [0.5, 0.6) is 11.5 Å². The van der Waals surface area contributed by atoms with Crippen LogP contribution in [0.1, 0.15) is 11.3 Å². The number of aromatic amines is 1. The highest BCUT2D eigenvalue weighted by molar-refractivity contribution is 7.09. The number of rotatable bonds is 6. The number of benzene rings is 1. The number of aromatic nitrogens is 1. The first-order chi connectivity index (χ1) is 11.0. The number of carbonyl (C=O) groups is 1. The first-order valence-corrected chi connectivity index (χ1v) is 7.87. The molecule has 0 amide bonds. The molecule has 0 fully saturated rings. The molecule has 0 spiro atoms. The van der Waals surface area contributed by atoms with Gasteiger partial charge in [0, 0.05) is 23.5 Å². The molecule has 7 nitrogen and oxygen atoms in total. The van der Waals surface area contributed by atoms with E-state index in [0.717, 1.165) is 27.5 Å². The third-order valence-corrected chi connectivity index (χ3v) is 4.37. The van der Waals surface area contributed by atoms with Gasteiger partial charge in [0.25, 0.3) is 0 Å². The molecule has 0 atom stereocenters. The number of hydrogen-bond donors (Lipinski definition) is 2. The number of aliphatic carboxylic acids is 1. The van der Waals surface area contributed by atoms with E-state index in [1.165, 1.54) is 0 Å². The molecule has 1 aromatic carbocycles. The van der Waals surface area contributed by atoms with E-state index in [0.29, 0.717) is 24.6 Å². The zero-order valence-electron chi connectivity index (χ0n) is 12.5. The largest absolute Gasteiger partial charge is 0.481 e. The van der Waals surface area contributed by atoms with Gasteiger partial charge >= 0.3 is 10.8 Å². The zero-order chi connectivity index (χ0) is 16.4. The van der Waals surface area contributed by atoms with Crippen molar-refractivity contribution in [3.05, 3.63) is 32.7 Å². The lowest BCUT2D eigenvalue weighted by Gasteiger charge is -2.15. The van der Waals surface area contributed by atoms with E-state index in [4.69, 9.17) is 14.6 Å². The maximum Gasteiger partial charge on any atom is 0.305 e. The van der Waals surface area contributed by atoms with Crippen LogP contribution in [0.25, 0.3) is 11.3 Å². The molecule has 3 rings (SSSR count). The summed E-state index contributed by atoms with van der Waals surface area (Å²) in [6.07, 6.45) is 0.0647. The van der Waals surface area contributed by atoms with Gasteiger partial charge in [-0.25, -0.2) is 0 Å². The van der Waals surface area contributed by atoms with Crippen molar-refractivity contribution in [3.8, 4) is 22.8 Å². The Bertz CT molecular complexity index is 782. The molecular formula is C15H16N2O5S. The van der Waals surface area contributed by atoms with Gasteiger partial charge in [-0.2, -0.15) is 0 Å². The fourth-order valence-corrected chi connectivity index (χ4v) is 3.30. The first kappa shape index (κ1) is 15.6. The molecule has 23 heavy (non-hydrogen) atoms. The first-order valence-electron chi connectivity index (χ1n) is 7.05. The van der Waals surface area contributed by atoms with Gasteiger partial charge in [-0.3, -0.25) is 9.59 Å². The Morgan fingerprint density at radius 2 is 2.17 bits per heavy atom. The van der Waals surface area contributed by atoms with Crippen LogP contribution >= 0.6 is 11.3 Å². The number of fused-ring (bicyclic) bond motifs is 1. The minimum atomic E-state index is -0.838. The summed E-state index contributed by atoms with van der Waals surface area (Å²) < 4.78 is 10.7. The fourth-order valence-electron chi connectivity index (χ4n) is 2.37. The van der Waals surface area contributed by atoms with Crippen LogP contribution in [0, 0.1) is 0 Å². The molecule has 0 aliphatic carbocycles. The van der Waals surface area contributed by atoms with E-state index < -0.39 is 5.97 Å². The minimum Gasteiger partial charge on any atom is -0.481 e. The predicted molar refractivity (Wildman–Crippen MR) is 85.1 cm³/mol. The average molecular weight is 336 g/mol. The molecule has 1 aliphatic heterocycles. The van der Waals surface area contributed by atoms with Crippen molar-refractivity contribution in [1.82, 2.24) is 9.88 Å². The highest BCUT2D eigenvalue weighted by Gasteiger charge is 2.18. The summed E-state index contributed by atoms with van der Waals surface area (Å²) in [5.74, 6) is 0.501. The van der Waals surface area contributed by atoms with Gasteiger partial charge in [-0.05, 0) is 25.2 Å². The lowest BCUT2D eigenvalue weighted by Crippen LogP contribution is -2.21. The van der Waals surface area contributed by atoms with Gasteiger partial charge in [0.1, 0.15) is 0 Å². The smallest absolute Gasteiger partial charge is 0.305 e. The molecule has 0 saturated carbocycles. The lowest BCUT2D eigenvalue weighted by molar-refractivity contribution is -0.137. The molecule has 2 heterocycles. The van der Waals surface area contributed by atoms with Crippen molar-refractivity contribution >= 4 is 17.3 Å². The van der Waals surface area contributed by atoms with Crippen LogP contribution < -0.4 is 14.3 Å². The Morgan fingerprint density at radius 3 is 2.96 bits per heavy atom. The van der Waals surface area contributed by atoms with Gasteiger partial charge in [0.05, 0.1) is 12.1 Å². The van der Waals surface area contributed by atoms with Crippen molar-refractivity contribution in [2.75, 3.05) is 20.4 Å². The number of thiazole rings is 1. The van der Waals surface area contributed by atoms with E-state index in [9.17, 15) is 9.59 Å². The van der Waals surface area contributed by atoms with Crippen molar-refractivity contribution in [3.63, 3.8) is 0 Å². The van der Waals surface area contributed by atoms with Crippen LogP contribution in [0.4, 0.5) is 0 Å². The quantitative estimate of drug-likeness (QED) is 0.835. The minimum absolute atomic E-state index is 0.0647. The predicted octanol–water partition coefficient (Wildman–Crippen LogP) is 1.74. The van der Waals surface area contributed by atoms with Gasteiger partial charge in [-0.15, -0.1) is 0 Å². The molecule has 8 heteroatoms. The Labute approximate surface area is 136 Å². The van der Waals surface area contributed by atoms with E-state index in [1.54, 1.807) is 0 Å². The SMILES string of the molecule is CN(CCC(=O)O)Cc1sc(=O)[nH]c1-c1ccc2c(c1)OCO2. The van der Waals surface area contributed by atoms with E-state index in [2.05, 4.69) is 4.98 Å². The maximum absolute atomic E-state index is 11.8. The van der Waals surface area contributed by atoms with Gasteiger partial charge in [-0.1, -0.05) is 11.3 Å². The molecule has 122 valence electrons. The van der Waals surface area contributed by atoms with E-state index in [1.807, 2.05) is 30.1 Å². The molecule has 1 aliphatic rings. The summed E-state index contributed by atoms with van der Waals surface area (Å²) in [4.78, 5) is 27.9. The number of H-pyrrole nitrogens is 1. The fraction of sp³-hybridized carbons (Fsp3) is 0.333. The van der Waals surface area contributed by atoms with Crippen LogP contribution in [-0.4, -0.2) is 41.3 Å². The second kappa shape index (κ2) is 6.43. The number of nitrogens with one attached hydrogen (secondary N) is 1. The third-order valence-electron chi connectivity index (χ3n) is 3.50. The number of hydrogen-bond acceptors (Lipinski definition) is 6. The normalized spacial score (nSPS) is 12.8. The molecular weight excluding hydrogens is 320 g/mol. The van der Waals surface area contributed by atoms with E-state index in [-0.39, 0.29) is 18.1 Å². The Morgan fingerprint density at radius 1 is 1.39 bits per heavy atom. The number of carboxylic acid groups (broad SMARTS) is 1. The summed E-state index contributed by atoms with van der Waals surface area (Å²) in [6, 6.07) is 5.51. The summed E-state index contributed by atoms with van der Waals surface area (Å²) in [6.45, 7) is 1.12. The van der Waals surface area contributed by atoms with Crippen LogP contribution in [-0.2, 0) is 11.3 Å². The van der Waals surface area contributed by atoms with Crippen LogP contribution in [0.15, 0.2) is 23.0 Å². The molecule has 2 aromatic rings. The third kappa shape index (κ3) is 3.54. The number of carboxylic acids is 1. The highest BCUT2D eigenvalue weighted by Crippen LogP contribution is 2.36. The monoisotopic (exact) mass is 336 g/mol. The molecule has 1 aromatic heterocycles. The number of ether oxygens (including phenoxy) is 2. The second-order valence-corrected chi connectivity index (χ2v) is 6.33. The Kier molecular flexibility index (Phi) is 4.35. The van der Waals surface area contributed by atoms with Crippen molar-refractivity contribution < 1.29 is 19.4 Å². The lowest BCUT2D eigenvalue weighted by atomic mass is 10.1. The van der Waals surface area contributed by atoms with Crippen LogP contribution in [0.2, 0.25) is 0 Å². The topological polar surface area (TPSA) is 91.9 Å². The van der Waals surface area contributed by atoms with Crippen LogP contribution in [0.3, 0.4) is 0 Å². The highest BCUT2D eigenvalue weighted by atomic mass is 32.1. The van der Waals surface area contributed by atoms with Crippen molar-refractivity contribution in [2.45, 2.75) is 13.0 Å². The Balaban J connectivity index is 1.83. The second-order valence-electron chi connectivity index (χ2n) is 5.26. The molecule has 2 N–H and O–H groups in total. The van der Waals surface area contributed by atoms with E-state index >= 15 is 0 Å². The van der Waals surface area contributed by atoms with Gasteiger partial charge in [0.15, 0.2) is 11.5 Å². The molecule has 0 unspecified atom stereocenters. The zero-order valence-corrected chi connectivity index (χ0v) is 13.3. The van der Waals surface area contributed by atoms with Crippen molar-refractivity contribution in [1.29, 1.82) is 0 Å². The van der Waals surface area contributed by atoms with Crippen molar-refractivity contribution in [2.24, 2.45) is 0 Å². The molecule has 0 bridgehead atoms. The average Bonchev–Trinajstić information content (AvgIpc) is 3.10. The summed E-state index contributed by atoms with van der Waals surface area (Å²) in [5, 5.41) is 8.75. The summed E-state index contributed by atoms with van der Waals surface area (Å²) >= 11 is 1.13. The molecule has 0 radical (unpaired) electrons. The number of nitrogens with zero attached hydrogens (tertiary/aromatic N) is 1.